The van der Waals surface area contributed by atoms with Crippen LogP contribution in [0.25, 0.3) is 0 Å². The second-order valence-electron chi connectivity index (χ2n) is 4.69. The van der Waals surface area contributed by atoms with Crippen molar-refractivity contribution in [3.63, 3.8) is 0 Å². The highest BCUT2D eigenvalue weighted by Crippen LogP contribution is 2.06. The predicted octanol–water partition coefficient (Wildman–Crippen LogP) is 3.15. The van der Waals surface area contributed by atoms with Gasteiger partial charge in [0, 0.05) is 12.6 Å². The van der Waals surface area contributed by atoms with Crippen LogP contribution in [0.2, 0.25) is 0 Å². The van der Waals surface area contributed by atoms with Gasteiger partial charge in [0.2, 0.25) is 0 Å². The average molecular weight is 235 g/mol. The molecule has 1 aromatic carbocycles. The highest BCUT2D eigenvalue weighted by atomic mass is 16.5. The van der Waals surface area contributed by atoms with Crippen molar-refractivity contribution < 1.29 is 4.74 Å². The summed E-state index contributed by atoms with van der Waals surface area (Å²) >= 11 is 0. The van der Waals surface area contributed by atoms with E-state index in [0.717, 1.165) is 32.6 Å². The van der Waals surface area contributed by atoms with Crippen LogP contribution in [-0.4, -0.2) is 19.2 Å². The van der Waals surface area contributed by atoms with E-state index in [-0.39, 0.29) is 0 Å². The van der Waals surface area contributed by atoms with Crippen LogP contribution in [0.5, 0.6) is 0 Å². The summed E-state index contributed by atoms with van der Waals surface area (Å²) in [4.78, 5) is 0. The maximum atomic E-state index is 5.64. The quantitative estimate of drug-likeness (QED) is 0.699. The number of rotatable bonds is 8. The Morgan fingerprint density at radius 1 is 1.12 bits per heavy atom. The van der Waals surface area contributed by atoms with E-state index in [1.54, 1.807) is 0 Å². The van der Waals surface area contributed by atoms with Crippen LogP contribution in [-0.2, 0) is 17.8 Å². The Kier molecular flexibility index (Phi) is 6.90. The fourth-order valence-electron chi connectivity index (χ4n) is 1.63. The molecule has 1 N–H and O–H groups in total. The van der Waals surface area contributed by atoms with Gasteiger partial charge in [-0.15, -0.1) is 0 Å². The third kappa shape index (κ3) is 6.44. The molecule has 2 nitrogen and oxygen atoms in total. The number of aryl methyl sites for hydroxylation is 1. The molecule has 0 heterocycles. The molecule has 0 aliphatic rings. The molecule has 0 fully saturated rings. The molecular weight excluding hydrogens is 210 g/mol. The van der Waals surface area contributed by atoms with E-state index in [9.17, 15) is 0 Å². The highest BCUT2D eigenvalue weighted by molar-refractivity contribution is 5.21. The number of ether oxygens (including phenoxy) is 1. The van der Waals surface area contributed by atoms with Crippen LogP contribution in [0.15, 0.2) is 24.3 Å². The van der Waals surface area contributed by atoms with Gasteiger partial charge in [-0.25, -0.2) is 0 Å². The van der Waals surface area contributed by atoms with Crippen LogP contribution in [0, 0.1) is 0 Å². The molecule has 0 amide bonds. The van der Waals surface area contributed by atoms with Gasteiger partial charge in [-0.05, 0) is 30.5 Å². The van der Waals surface area contributed by atoms with Gasteiger partial charge >= 0.3 is 0 Å². The number of benzene rings is 1. The first kappa shape index (κ1) is 14.2. The summed E-state index contributed by atoms with van der Waals surface area (Å²) in [6.07, 6.45) is 2.17. The topological polar surface area (TPSA) is 21.3 Å². The number of hydrogen-bond acceptors (Lipinski definition) is 2. The summed E-state index contributed by atoms with van der Waals surface area (Å²) in [5.41, 5.74) is 2.65. The van der Waals surface area contributed by atoms with E-state index in [0.29, 0.717) is 6.04 Å². The van der Waals surface area contributed by atoms with Crippen LogP contribution in [0.3, 0.4) is 0 Å². The van der Waals surface area contributed by atoms with Crippen LogP contribution in [0.1, 0.15) is 38.3 Å². The van der Waals surface area contributed by atoms with Crippen molar-refractivity contribution in [2.24, 2.45) is 0 Å². The molecule has 17 heavy (non-hydrogen) atoms. The molecule has 0 bridgehead atoms. The largest absolute Gasteiger partial charge is 0.377 e. The Morgan fingerprint density at radius 3 is 2.35 bits per heavy atom. The standard InChI is InChI=1S/C15H25NO/c1-4-14-6-8-15(9-7-14)12-17-11-5-10-16-13(2)3/h6-9,13,16H,4-5,10-12H2,1-3H3. The molecule has 96 valence electrons. The molecule has 0 atom stereocenters. The maximum absolute atomic E-state index is 5.64. The van der Waals surface area contributed by atoms with Crippen molar-refractivity contribution in [2.75, 3.05) is 13.2 Å². The second-order valence-corrected chi connectivity index (χ2v) is 4.69. The van der Waals surface area contributed by atoms with Gasteiger partial charge in [0.1, 0.15) is 0 Å². The number of hydrogen-bond donors (Lipinski definition) is 1. The van der Waals surface area contributed by atoms with Crippen molar-refractivity contribution in [2.45, 2.75) is 46.3 Å². The zero-order chi connectivity index (χ0) is 12.5. The van der Waals surface area contributed by atoms with Crippen molar-refractivity contribution in [1.29, 1.82) is 0 Å². The number of nitrogens with one attached hydrogen (secondary N) is 1. The first-order chi connectivity index (χ1) is 8.22. The molecule has 0 unspecified atom stereocenters. The highest BCUT2D eigenvalue weighted by Gasteiger charge is 1.95. The smallest absolute Gasteiger partial charge is 0.0716 e. The van der Waals surface area contributed by atoms with Gasteiger partial charge in [0.05, 0.1) is 6.61 Å². The fraction of sp³-hybridized carbons (Fsp3) is 0.600. The van der Waals surface area contributed by atoms with E-state index in [1.807, 2.05) is 0 Å². The van der Waals surface area contributed by atoms with Gasteiger partial charge in [0.25, 0.3) is 0 Å². The van der Waals surface area contributed by atoms with Crippen LogP contribution in [0.4, 0.5) is 0 Å². The third-order valence-electron chi connectivity index (χ3n) is 2.72. The molecule has 0 aliphatic carbocycles. The third-order valence-corrected chi connectivity index (χ3v) is 2.72. The maximum Gasteiger partial charge on any atom is 0.0716 e. The first-order valence-corrected chi connectivity index (χ1v) is 6.61. The second kappa shape index (κ2) is 8.26. The van der Waals surface area contributed by atoms with Crippen LogP contribution < -0.4 is 5.32 Å². The molecule has 0 aromatic heterocycles. The van der Waals surface area contributed by atoms with E-state index in [1.165, 1.54) is 11.1 Å². The van der Waals surface area contributed by atoms with Gasteiger partial charge < -0.3 is 10.1 Å². The lowest BCUT2D eigenvalue weighted by Crippen LogP contribution is -2.24. The molecule has 2 heteroatoms. The Labute approximate surface area is 105 Å². The van der Waals surface area contributed by atoms with Crippen molar-refractivity contribution in [3.8, 4) is 0 Å². The van der Waals surface area contributed by atoms with Gasteiger partial charge in [-0.1, -0.05) is 45.0 Å². The van der Waals surface area contributed by atoms with E-state index >= 15 is 0 Å². The molecule has 0 saturated heterocycles. The molecule has 0 aliphatic heterocycles. The van der Waals surface area contributed by atoms with E-state index in [4.69, 9.17) is 4.74 Å². The van der Waals surface area contributed by atoms with Gasteiger partial charge in [-0.3, -0.25) is 0 Å². The summed E-state index contributed by atoms with van der Waals surface area (Å²) in [6.45, 7) is 9.09. The summed E-state index contributed by atoms with van der Waals surface area (Å²) in [5, 5.41) is 3.38. The summed E-state index contributed by atoms with van der Waals surface area (Å²) in [7, 11) is 0. The minimum atomic E-state index is 0.566. The van der Waals surface area contributed by atoms with Crippen molar-refractivity contribution >= 4 is 0 Å². The normalized spacial score (nSPS) is 11.1. The van der Waals surface area contributed by atoms with Gasteiger partial charge in [-0.2, -0.15) is 0 Å². The average Bonchev–Trinajstić information content (AvgIpc) is 2.34. The molecule has 0 spiro atoms. The van der Waals surface area contributed by atoms with E-state index < -0.39 is 0 Å². The molecule has 1 rings (SSSR count). The summed E-state index contributed by atoms with van der Waals surface area (Å²) in [6, 6.07) is 9.24. The van der Waals surface area contributed by atoms with Crippen molar-refractivity contribution in [3.05, 3.63) is 35.4 Å². The lowest BCUT2D eigenvalue weighted by molar-refractivity contribution is 0.118. The van der Waals surface area contributed by atoms with E-state index in [2.05, 4.69) is 50.4 Å². The Bertz CT molecular complexity index is 292. The Hall–Kier alpha value is -0.860. The molecule has 1 aromatic rings. The lowest BCUT2D eigenvalue weighted by Gasteiger charge is -2.08. The Balaban J connectivity index is 2.09. The molecule has 0 saturated carbocycles. The van der Waals surface area contributed by atoms with Gasteiger partial charge in [0.15, 0.2) is 0 Å². The predicted molar refractivity (Wildman–Crippen MR) is 73.2 cm³/mol. The fourth-order valence-corrected chi connectivity index (χ4v) is 1.63. The minimum absolute atomic E-state index is 0.566. The first-order valence-electron chi connectivity index (χ1n) is 6.61. The molecular formula is C15H25NO. The monoisotopic (exact) mass is 235 g/mol. The lowest BCUT2D eigenvalue weighted by atomic mass is 10.1. The summed E-state index contributed by atoms with van der Waals surface area (Å²) in [5.74, 6) is 0. The summed E-state index contributed by atoms with van der Waals surface area (Å²) < 4.78 is 5.64. The zero-order valence-electron chi connectivity index (χ0n) is 11.3. The SMILES string of the molecule is CCc1ccc(COCCCNC(C)C)cc1. The van der Waals surface area contributed by atoms with Crippen LogP contribution >= 0.6 is 0 Å². The van der Waals surface area contributed by atoms with Crippen molar-refractivity contribution in [1.82, 2.24) is 5.32 Å². The zero-order valence-corrected chi connectivity index (χ0v) is 11.3. The minimum Gasteiger partial charge on any atom is -0.377 e. The molecule has 0 radical (unpaired) electrons. The Morgan fingerprint density at radius 2 is 1.76 bits per heavy atom.